The minimum Gasteiger partial charge on any atom is -0.473 e. The van der Waals surface area contributed by atoms with Crippen molar-refractivity contribution in [3.8, 4) is 23.5 Å². The summed E-state index contributed by atoms with van der Waals surface area (Å²) in [5, 5.41) is 15.4. The second kappa shape index (κ2) is 9.02. The SMILES string of the molecule is C[C@H](Oc1cc(Cl)nc(-c2onc3c2CCC[C@@]32CCCc3sc(N)c(C#N)c32)n1)[C@@H]1CCCN1C. The van der Waals surface area contributed by atoms with Crippen molar-refractivity contribution in [3.63, 3.8) is 0 Å². The number of rotatable bonds is 4. The maximum atomic E-state index is 9.92. The molecule has 0 unspecified atom stereocenters. The van der Waals surface area contributed by atoms with Crippen molar-refractivity contribution >= 4 is 27.9 Å². The molecule has 0 radical (unpaired) electrons. The first kappa shape index (κ1) is 23.7. The Bertz CT molecular complexity index is 1360. The van der Waals surface area contributed by atoms with E-state index in [9.17, 15) is 5.26 Å². The molecule has 2 aliphatic carbocycles. The molecule has 6 rings (SSSR count). The molecule has 4 heterocycles. The molecule has 3 aromatic rings. The summed E-state index contributed by atoms with van der Waals surface area (Å²) < 4.78 is 12.2. The number of likely N-dealkylation sites (N-methyl/N-ethyl adjacent to an activating group) is 1. The van der Waals surface area contributed by atoms with Crippen molar-refractivity contribution in [2.24, 2.45) is 0 Å². The van der Waals surface area contributed by atoms with Crippen molar-refractivity contribution in [1.82, 2.24) is 20.0 Å². The summed E-state index contributed by atoms with van der Waals surface area (Å²) in [7, 11) is 2.13. The maximum Gasteiger partial charge on any atom is 0.218 e. The Balaban J connectivity index is 1.39. The molecule has 0 saturated carbocycles. The lowest BCUT2D eigenvalue weighted by Crippen LogP contribution is -2.38. The average Bonchev–Trinajstić information content (AvgIpc) is 3.56. The van der Waals surface area contributed by atoms with Gasteiger partial charge in [0.2, 0.25) is 17.5 Å². The van der Waals surface area contributed by atoms with Gasteiger partial charge in [-0.25, -0.2) is 4.98 Å². The molecule has 0 aromatic carbocycles. The third kappa shape index (κ3) is 3.69. The quantitative estimate of drug-likeness (QED) is 0.468. The van der Waals surface area contributed by atoms with Crippen molar-refractivity contribution in [2.45, 2.75) is 75.9 Å². The zero-order valence-corrected chi connectivity index (χ0v) is 22.1. The third-order valence-electron chi connectivity index (χ3n) is 8.18. The molecule has 1 aliphatic heterocycles. The van der Waals surface area contributed by atoms with E-state index in [1.54, 1.807) is 17.4 Å². The Kier molecular flexibility index (Phi) is 5.94. The van der Waals surface area contributed by atoms with E-state index < -0.39 is 0 Å². The van der Waals surface area contributed by atoms with Gasteiger partial charge in [0, 0.05) is 28.0 Å². The second-order valence-corrected chi connectivity index (χ2v) is 11.8. The van der Waals surface area contributed by atoms with Crippen LogP contribution < -0.4 is 10.5 Å². The summed E-state index contributed by atoms with van der Waals surface area (Å²) >= 11 is 7.96. The lowest BCUT2D eigenvalue weighted by atomic mass is 9.62. The van der Waals surface area contributed by atoms with Crippen molar-refractivity contribution in [3.05, 3.63) is 38.5 Å². The average molecular weight is 525 g/mol. The van der Waals surface area contributed by atoms with Crippen LogP contribution in [0.15, 0.2) is 10.6 Å². The van der Waals surface area contributed by atoms with Crippen molar-refractivity contribution < 1.29 is 9.26 Å². The monoisotopic (exact) mass is 524 g/mol. The van der Waals surface area contributed by atoms with Gasteiger partial charge in [0.1, 0.15) is 22.3 Å². The molecule has 1 saturated heterocycles. The molecular formula is C26H29ClN6O2S. The number of nitrogen functional groups attached to an aromatic ring is 1. The van der Waals surface area contributed by atoms with Crippen LogP contribution in [-0.2, 0) is 18.3 Å². The van der Waals surface area contributed by atoms with E-state index in [4.69, 9.17) is 31.6 Å². The molecule has 0 amide bonds. The summed E-state index contributed by atoms with van der Waals surface area (Å²) in [6, 6.07) is 4.36. The molecule has 1 spiro atoms. The topological polar surface area (TPSA) is 114 Å². The fourth-order valence-corrected chi connectivity index (χ4v) is 7.92. The van der Waals surface area contributed by atoms with Crippen LogP contribution in [0.1, 0.15) is 72.7 Å². The van der Waals surface area contributed by atoms with Gasteiger partial charge in [-0.15, -0.1) is 11.3 Å². The minimum absolute atomic E-state index is 0.0302. The van der Waals surface area contributed by atoms with E-state index in [-0.39, 0.29) is 11.5 Å². The Morgan fingerprint density at radius 2 is 2.11 bits per heavy atom. The van der Waals surface area contributed by atoms with E-state index in [0.29, 0.717) is 39.2 Å². The van der Waals surface area contributed by atoms with Crippen LogP contribution >= 0.6 is 22.9 Å². The Morgan fingerprint density at radius 3 is 2.86 bits per heavy atom. The first-order valence-corrected chi connectivity index (χ1v) is 13.8. The molecule has 10 heteroatoms. The largest absolute Gasteiger partial charge is 0.473 e. The molecular weight excluding hydrogens is 496 g/mol. The van der Waals surface area contributed by atoms with Gasteiger partial charge in [-0.1, -0.05) is 16.8 Å². The number of thiophene rings is 1. The van der Waals surface area contributed by atoms with Crippen LogP contribution in [0, 0.1) is 11.3 Å². The summed E-state index contributed by atoms with van der Waals surface area (Å²) in [5.41, 5.74) is 9.46. The van der Waals surface area contributed by atoms with Gasteiger partial charge in [-0.05, 0) is 77.4 Å². The standard InChI is InChI=1S/C26H29ClN6O2S/c1-14(17-7-5-11-33(17)2)34-20-12-19(27)30-25(31-20)22-15-6-3-9-26(23(15)32-35-22)10-4-8-18-21(26)16(13-28)24(29)36-18/h12,14,17H,3-11,29H2,1-2H3/t14-,17-,26-/m0/s1. The van der Waals surface area contributed by atoms with Crippen LogP contribution in [0.3, 0.4) is 0 Å². The van der Waals surface area contributed by atoms with Crippen LogP contribution in [0.5, 0.6) is 5.88 Å². The van der Waals surface area contributed by atoms with Crippen molar-refractivity contribution in [2.75, 3.05) is 19.3 Å². The number of hydrogen-bond donors (Lipinski definition) is 1. The molecule has 8 nitrogen and oxygen atoms in total. The molecule has 3 aromatic heterocycles. The Labute approximate surface area is 219 Å². The fraction of sp³-hybridized carbons (Fsp3) is 0.538. The number of nitrogens with zero attached hydrogens (tertiary/aromatic N) is 5. The third-order valence-corrected chi connectivity index (χ3v) is 9.45. The van der Waals surface area contributed by atoms with Gasteiger partial charge in [0.25, 0.3) is 0 Å². The van der Waals surface area contributed by atoms with Crippen LogP contribution in [0.2, 0.25) is 5.15 Å². The smallest absolute Gasteiger partial charge is 0.218 e. The van der Waals surface area contributed by atoms with Gasteiger partial charge in [0.05, 0.1) is 11.3 Å². The van der Waals surface area contributed by atoms with E-state index in [1.807, 2.05) is 0 Å². The lowest BCUT2D eigenvalue weighted by Gasteiger charge is -2.39. The van der Waals surface area contributed by atoms with E-state index in [0.717, 1.165) is 68.3 Å². The Hall–Kier alpha value is -2.67. The normalized spacial score (nSPS) is 24.3. The molecule has 1 fully saturated rings. The molecule has 2 N–H and O–H groups in total. The number of aryl methyl sites for hydroxylation is 1. The minimum atomic E-state index is -0.360. The highest BCUT2D eigenvalue weighted by atomic mass is 35.5. The van der Waals surface area contributed by atoms with Crippen LogP contribution in [-0.4, -0.2) is 45.8 Å². The highest BCUT2D eigenvalue weighted by molar-refractivity contribution is 7.16. The van der Waals surface area contributed by atoms with Gasteiger partial charge in [-0.3, -0.25) is 4.90 Å². The zero-order valence-electron chi connectivity index (χ0n) is 20.5. The molecule has 3 aliphatic rings. The number of anilines is 1. The van der Waals surface area contributed by atoms with Crippen LogP contribution in [0.25, 0.3) is 11.6 Å². The number of halogens is 1. The molecule has 188 valence electrons. The van der Waals surface area contributed by atoms with Crippen LogP contribution in [0.4, 0.5) is 5.00 Å². The fourth-order valence-electron chi connectivity index (χ4n) is 6.59. The van der Waals surface area contributed by atoms with Crippen molar-refractivity contribution in [1.29, 1.82) is 5.26 Å². The predicted molar refractivity (Wildman–Crippen MR) is 138 cm³/mol. The highest BCUT2D eigenvalue weighted by Crippen LogP contribution is 2.54. The number of fused-ring (bicyclic) bond motifs is 4. The molecule has 3 atom stereocenters. The number of hydrogen-bond acceptors (Lipinski definition) is 9. The first-order valence-electron chi connectivity index (χ1n) is 12.6. The van der Waals surface area contributed by atoms with Gasteiger partial charge in [-0.2, -0.15) is 10.2 Å². The Morgan fingerprint density at radius 1 is 1.31 bits per heavy atom. The lowest BCUT2D eigenvalue weighted by molar-refractivity contribution is 0.117. The zero-order chi connectivity index (χ0) is 25.0. The molecule has 36 heavy (non-hydrogen) atoms. The van der Waals surface area contributed by atoms with E-state index in [1.165, 1.54) is 11.3 Å². The summed E-state index contributed by atoms with van der Waals surface area (Å²) in [6.45, 7) is 3.15. The van der Waals surface area contributed by atoms with Gasteiger partial charge >= 0.3 is 0 Å². The number of ether oxygens (including phenoxy) is 1. The number of aromatic nitrogens is 3. The summed E-state index contributed by atoms with van der Waals surface area (Å²) in [6.07, 6.45) is 7.80. The second-order valence-electron chi connectivity index (χ2n) is 10.2. The van der Waals surface area contributed by atoms with E-state index >= 15 is 0 Å². The van der Waals surface area contributed by atoms with E-state index in [2.05, 4.69) is 35.1 Å². The first-order chi connectivity index (χ1) is 17.4. The van der Waals surface area contributed by atoms with Gasteiger partial charge in [0.15, 0.2) is 0 Å². The number of nitrogens with two attached hydrogens (primary N) is 1. The molecule has 0 bridgehead atoms. The summed E-state index contributed by atoms with van der Waals surface area (Å²) in [4.78, 5) is 12.7. The van der Waals surface area contributed by atoms with Gasteiger partial charge < -0.3 is 15.0 Å². The summed E-state index contributed by atoms with van der Waals surface area (Å²) in [5.74, 6) is 1.36. The predicted octanol–water partition coefficient (Wildman–Crippen LogP) is 5.12. The maximum absolute atomic E-state index is 9.92. The highest BCUT2D eigenvalue weighted by Gasteiger charge is 2.48. The number of nitriles is 1. The number of likely N-dealkylation sites (tertiary alicyclic amines) is 1.